The number of methoxy groups -OCH3 is 1. The third-order valence-electron chi connectivity index (χ3n) is 11.0. The lowest BCUT2D eigenvalue weighted by molar-refractivity contribution is -0.141. The van der Waals surface area contributed by atoms with Gasteiger partial charge in [0.05, 0.1) is 25.8 Å². The van der Waals surface area contributed by atoms with Crippen LogP contribution in [0.3, 0.4) is 0 Å². The minimum Gasteiger partial charge on any atom is -0.477 e. The highest BCUT2D eigenvalue weighted by molar-refractivity contribution is 6.40. The van der Waals surface area contributed by atoms with Gasteiger partial charge < -0.3 is 91.5 Å². The number of nitrogens with one attached hydrogen (secondary N) is 8. The Morgan fingerprint density at radius 2 is 1.43 bits per heavy atom. The first kappa shape index (κ1) is 63.4. The van der Waals surface area contributed by atoms with Crippen molar-refractivity contribution in [3.05, 3.63) is 11.8 Å². The molecule has 1 heterocycles. The Kier molecular flexibility index (Phi) is 30.5. The van der Waals surface area contributed by atoms with Crippen LogP contribution in [0.15, 0.2) is 16.8 Å². The number of esters is 1. The van der Waals surface area contributed by atoms with Crippen molar-refractivity contribution in [2.24, 2.45) is 39.4 Å². The van der Waals surface area contributed by atoms with Gasteiger partial charge in [-0.2, -0.15) is 0 Å². The summed E-state index contributed by atoms with van der Waals surface area (Å²) in [5.74, 6) is -9.65. The van der Waals surface area contributed by atoms with E-state index in [4.69, 9.17) is 44.5 Å². The van der Waals surface area contributed by atoms with Crippen LogP contribution in [0.1, 0.15) is 90.4 Å². The third-order valence-corrected chi connectivity index (χ3v) is 11.0. The van der Waals surface area contributed by atoms with Gasteiger partial charge in [-0.05, 0) is 97.2 Å². The first-order valence-corrected chi connectivity index (χ1v) is 23.7. The first-order valence-electron chi connectivity index (χ1n) is 23.7. The number of carbonyl (C=O) groups excluding carboxylic acids is 9. The zero-order chi connectivity index (χ0) is 54.3. The minimum atomic E-state index is -1.58. The number of rotatable bonds is 34. The maximum atomic E-state index is 14.0. The zero-order valence-corrected chi connectivity index (χ0v) is 41.0. The molecule has 72 heavy (non-hydrogen) atoms. The SMILES string of the molecule is COC(=O)CC[C@H](NC(=O)[C@@H]1CCCN1C(=O)/C(CCCN)=N/C(=O)CNC(=O)[C@H](C)NC(=O)[C@@H](NC(=O)[C@@H](N)CCCCN)[C@@H](O)CN)C(=O)N[C@@H](CCCCN)C(=O)N/C(=C\CCNC(=N)N)C(=O)O. The van der Waals surface area contributed by atoms with E-state index in [0.717, 1.165) is 12.0 Å². The molecule has 29 heteroatoms. The zero-order valence-electron chi connectivity index (χ0n) is 41.0. The quantitative estimate of drug-likeness (QED) is 0.00937. The molecule has 8 amide bonds. The molecule has 1 saturated heterocycles. The maximum absolute atomic E-state index is 14.0. The molecule has 7 atom stereocenters. The fourth-order valence-electron chi connectivity index (χ4n) is 6.95. The maximum Gasteiger partial charge on any atom is 0.352 e. The van der Waals surface area contributed by atoms with E-state index in [-0.39, 0.29) is 89.2 Å². The van der Waals surface area contributed by atoms with Gasteiger partial charge in [0, 0.05) is 26.1 Å². The summed E-state index contributed by atoms with van der Waals surface area (Å²) in [6.07, 6.45) is 1.61. The average molecular weight is 1030 g/mol. The van der Waals surface area contributed by atoms with Gasteiger partial charge >= 0.3 is 11.9 Å². The number of guanidine groups is 1. The predicted molar refractivity (Wildman–Crippen MR) is 260 cm³/mol. The molecule has 0 aromatic rings. The van der Waals surface area contributed by atoms with Gasteiger partial charge in [0.2, 0.25) is 35.4 Å². The number of likely N-dealkylation sites (tertiary alicyclic amines) is 1. The number of carboxylic acids is 1. The van der Waals surface area contributed by atoms with Crippen LogP contribution in [0.2, 0.25) is 0 Å². The number of aliphatic carboxylic acids is 1. The summed E-state index contributed by atoms with van der Waals surface area (Å²) in [6.45, 7) is 0.893. The topological polar surface area (TPSA) is 500 Å². The second-order valence-corrected chi connectivity index (χ2v) is 16.7. The van der Waals surface area contributed by atoms with Gasteiger partial charge in [-0.25, -0.2) is 9.79 Å². The van der Waals surface area contributed by atoms with E-state index in [1.807, 2.05) is 0 Å². The molecule has 22 N–H and O–H groups in total. The van der Waals surface area contributed by atoms with Crippen molar-refractivity contribution in [2.45, 2.75) is 133 Å². The summed E-state index contributed by atoms with van der Waals surface area (Å²) in [5, 5.41) is 44.2. The fourth-order valence-corrected chi connectivity index (χ4v) is 6.95. The summed E-state index contributed by atoms with van der Waals surface area (Å²) in [5.41, 5.74) is 32.7. The van der Waals surface area contributed by atoms with Crippen LogP contribution in [-0.4, -0.2) is 181 Å². The number of unbranched alkanes of at least 4 members (excludes halogenated alkanes) is 2. The molecule has 0 aromatic carbocycles. The Hall–Kier alpha value is -6.66. The normalized spacial score (nSPS) is 16.1. The van der Waals surface area contributed by atoms with Crippen molar-refractivity contribution >= 4 is 70.9 Å². The monoisotopic (exact) mass is 1020 g/mol. The summed E-state index contributed by atoms with van der Waals surface area (Å²) in [7, 11) is 1.12. The molecule has 0 unspecified atom stereocenters. The molecular weight excluding hydrogens is 949 g/mol. The molecule has 1 fully saturated rings. The smallest absolute Gasteiger partial charge is 0.352 e. The number of nitrogens with two attached hydrogens (primary N) is 6. The average Bonchev–Trinajstić information content (AvgIpc) is 3.85. The predicted octanol–water partition coefficient (Wildman–Crippen LogP) is -6.42. The number of ether oxygens (including phenoxy) is 1. The van der Waals surface area contributed by atoms with E-state index in [2.05, 4.69) is 42.2 Å². The fraction of sp³-hybridized carbons (Fsp3) is 0.674. The number of carbonyl (C=O) groups is 10. The Morgan fingerprint density at radius 3 is 2.03 bits per heavy atom. The van der Waals surface area contributed by atoms with Crippen molar-refractivity contribution in [3.63, 3.8) is 0 Å². The van der Waals surface area contributed by atoms with Crippen LogP contribution < -0.4 is 71.6 Å². The molecule has 0 aromatic heterocycles. The number of aliphatic hydroxyl groups is 1. The Labute approximate surface area is 417 Å². The van der Waals surface area contributed by atoms with E-state index >= 15 is 0 Å². The van der Waals surface area contributed by atoms with Crippen LogP contribution in [0, 0.1) is 5.41 Å². The summed E-state index contributed by atoms with van der Waals surface area (Å²) >= 11 is 0. The van der Waals surface area contributed by atoms with Crippen LogP contribution >= 0.6 is 0 Å². The lowest BCUT2D eigenvalue weighted by atomic mass is 10.1. The molecule has 0 bridgehead atoms. The van der Waals surface area contributed by atoms with E-state index in [0.29, 0.717) is 38.6 Å². The van der Waals surface area contributed by atoms with Crippen molar-refractivity contribution in [2.75, 3.05) is 52.9 Å². The second-order valence-electron chi connectivity index (χ2n) is 16.7. The van der Waals surface area contributed by atoms with Crippen LogP contribution in [0.4, 0.5) is 0 Å². The standard InChI is InChI=1S/C43H76N16O13/c1-24(53-40(68)34(31(60)22-47)58-36(64)25(48)10-3-5-17-44)35(63)52-23-32(61)54-28(12-7-19-46)41(69)59-21-9-14-30(59)39(67)56-27(15-16-33(62)72-2)38(66)55-26(11-4-6-18-45)37(65)57-29(42(70)71)13-8-20-51-43(49)50/h13,24-27,30-31,34,60H,3-12,14-23,44-48H2,1-2H3,(H,52,63)(H,53,68)(H,55,66)(H,56,67)(H,57,65)(H,58,64)(H,70,71)(H4,49,50,51)/b29-13-,54-28+/t24-,25-,26-,27-,30-,31-,34-/m0/s1. The molecule has 1 aliphatic rings. The van der Waals surface area contributed by atoms with E-state index in [9.17, 15) is 58.2 Å². The van der Waals surface area contributed by atoms with Gasteiger partial charge in [0.15, 0.2) is 5.96 Å². The summed E-state index contributed by atoms with van der Waals surface area (Å²) in [4.78, 5) is 136. The highest BCUT2D eigenvalue weighted by Gasteiger charge is 2.38. The molecule has 0 radical (unpaired) electrons. The summed E-state index contributed by atoms with van der Waals surface area (Å²) in [6, 6.07) is -7.97. The van der Waals surface area contributed by atoms with Crippen LogP contribution in [0.25, 0.3) is 0 Å². The van der Waals surface area contributed by atoms with Gasteiger partial charge in [-0.3, -0.25) is 48.6 Å². The highest BCUT2D eigenvalue weighted by Crippen LogP contribution is 2.20. The molecule has 29 nitrogen and oxygen atoms in total. The lowest BCUT2D eigenvalue weighted by Gasteiger charge is -2.27. The van der Waals surface area contributed by atoms with Crippen molar-refractivity contribution in [1.82, 2.24) is 42.1 Å². The van der Waals surface area contributed by atoms with Crippen LogP contribution in [-0.2, 0) is 52.7 Å². The van der Waals surface area contributed by atoms with Gasteiger partial charge in [0.25, 0.3) is 11.8 Å². The van der Waals surface area contributed by atoms with Crippen molar-refractivity contribution < 1.29 is 62.9 Å². The first-order chi connectivity index (χ1) is 34.1. The number of hydrogen-bond donors (Lipinski definition) is 16. The number of amides is 8. The Balaban J connectivity index is 3.25. The van der Waals surface area contributed by atoms with Gasteiger partial charge in [0.1, 0.15) is 41.6 Å². The molecule has 0 aliphatic carbocycles. The van der Waals surface area contributed by atoms with Gasteiger partial charge in [-0.1, -0.05) is 12.5 Å². The second kappa shape index (κ2) is 34.6. The van der Waals surface area contributed by atoms with E-state index in [1.165, 1.54) is 13.0 Å². The Morgan fingerprint density at radius 1 is 0.792 bits per heavy atom. The lowest BCUT2D eigenvalue weighted by Crippen LogP contribution is -2.60. The molecule has 1 rings (SSSR count). The molecule has 1 aliphatic heterocycles. The van der Waals surface area contributed by atoms with Gasteiger partial charge in [-0.15, -0.1) is 0 Å². The molecule has 0 saturated carbocycles. The number of aliphatic imine (C=N–C) groups is 1. The van der Waals surface area contributed by atoms with E-state index in [1.54, 1.807) is 0 Å². The summed E-state index contributed by atoms with van der Waals surface area (Å²) < 4.78 is 4.72. The highest BCUT2D eigenvalue weighted by atomic mass is 16.5. The van der Waals surface area contributed by atoms with E-state index < -0.39 is 120 Å². The number of hydrogen-bond acceptors (Lipinski definition) is 18. The number of carboxylic acid groups (broad SMARTS) is 1. The molecular formula is C43H76N16O13. The Bertz CT molecular complexity index is 1940. The third kappa shape index (κ3) is 23.5. The number of nitrogens with zero attached hydrogens (tertiary/aromatic N) is 2. The minimum absolute atomic E-state index is 0.00663. The molecule has 406 valence electrons. The van der Waals surface area contributed by atoms with Crippen molar-refractivity contribution in [1.29, 1.82) is 5.41 Å². The van der Waals surface area contributed by atoms with Crippen LogP contribution in [0.5, 0.6) is 0 Å². The molecule has 0 spiro atoms. The number of aliphatic hydroxyl groups excluding tert-OH is 1. The largest absolute Gasteiger partial charge is 0.477 e. The van der Waals surface area contributed by atoms with Crippen molar-refractivity contribution in [3.8, 4) is 0 Å².